The number of carbonyl (C=O) groups is 4. The van der Waals surface area contributed by atoms with Gasteiger partial charge in [-0.15, -0.1) is 0 Å². The zero-order valence-corrected chi connectivity index (χ0v) is 19.1. The van der Waals surface area contributed by atoms with E-state index in [4.69, 9.17) is 25.8 Å². The number of hydrogen-bond donors (Lipinski definition) is 0. The summed E-state index contributed by atoms with van der Waals surface area (Å²) in [5.74, 6) is -3.81. The number of nitrogens with zero attached hydrogens (tertiary/aromatic N) is 2. The number of hydrogen-bond acceptors (Lipinski definition) is 7. The molecule has 3 aliphatic heterocycles. The van der Waals surface area contributed by atoms with Crippen LogP contribution in [-0.4, -0.2) is 70.3 Å². The molecule has 3 amide bonds. The number of β-lactam (4-membered cyclic amide) rings is 1. The lowest BCUT2D eigenvalue weighted by Gasteiger charge is -2.51. The van der Waals surface area contributed by atoms with Crippen LogP contribution in [0.5, 0.6) is 0 Å². The van der Waals surface area contributed by atoms with Crippen LogP contribution in [0.4, 0.5) is 0 Å². The second kappa shape index (κ2) is 8.89. The molecule has 33 heavy (non-hydrogen) atoms. The fourth-order valence-electron chi connectivity index (χ4n) is 4.43. The molecule has 1 aromatic carbocycles. The number of halogens is 1. The number of alkyl halides is 1. The molecule has 9 nitrogen and oxygen atoms in total. The summed E-state index contributed by atoms with van der Waals surface area (Å²) in [6.07, 6.45) is 0.923. The minimum absolute atomic E-state index is 0.0833. The first-order valence-electron chi connectivity index (χ1n) is 10.7. The zero-order chi connectivity index (χ0) is 23.9. The SMILES string of the molecule is C=CCOC(=O)[C@@H](Cl)N1C(=O)[C@@H](CC[C@H]2COC(C)(C)O2)[C@@H]1N1C(=O)c2ccccc2C1=O. The number of amides is 3. The van der Waals surface area contributed by atoms with Crippen molar-refractivity contribution in [3.63, 3.8) is 0 Å². The maximum Gasteiger partial charge on any atom is 0.345 e. The van der Waals surface area contributed by atoms with E-state index in [1.54, 1.807) is 38.1 Å². The Balaban J connectivity index is 1.57. The van der Waals surface area contributed by atoms with Gasteiger partial charge in [-0.1, -0.05) is 36.4 Å². The second-order valence-electron chi connectivity index (χ2n) is 8.57. The minimum atomic E-state index is -1.49. The molecule has 0 bridgehead atoms. The van der Waals surface area contributed by atoms with E-state index in [9.17, 15) is 19.2 Å². The number of ether oxygens (including phenoxy) is 3. The standard InChI is InChI=1S/C23H25ClN2O7/c1-4-11-31-22(30)17(24)25-18(26-19(27)14-7-5-6-8-15(14)20(26)28)16(21(25)29)10-9-13-12-32-23(2,3)33-13/h4-8,13,16-18H,1,9-12H2,2-3H3/t13-,16-,17-,18-/m0/s1. The average molecular weight is 477 g/mol. The maximum absolute atomic E-state index is 13.1. The van der Waals surface area contributed by atoms with E-state index in [0.29, 0.717) is 19.4 Å². The Morgan fingerprint density at radius 3 is 2.42 bits per heavy atom. The molecule has 0 aromatic heterocycles. The van der Waals surface area contributed by atoms with Gasteiger partial charge in [0.05, 0.1) is 29.8 Å². The number of carbonyl (C=O) groups excluding carboxylic acids is 4. The van der Waals surface area contributed by atoms with Crippen LogP contribution in [-0.2, 0) is 23.8 Å². The van der Waals surface area contributed by atoms with Crippen molar-refractivity contribution in [1.29, 1.82) is 0 Å². The van der Waals surface area contributed by atoms with E-state index in [1.165, 1.54) is 6.08 Å². The molecule has 0 spiro atoms. The molecule has 2 saturated heterocycles. The number of fused-ring (bicyclic) bond motifs is 1. The summed E-state index contributed by atoms with van der Waals surface area (Å²) in [4.78, 5) is 53.7. The predicted molar refractivity (Wildman–Crippen MR) is 116 cm³/mol. The zero-order valence-electron chi connectivity index (χ0n) is 18.4. The van der Waals surface area contributed by atoms with Crippen molar-refractivity contribution in [3.8, 4) is 0 Å². The van der Waals surface area contributed by atoms with Crippen molar-refractivity contribution >= 4 is 35.3 Å². The van der Waals surface area contributed by atoms with Crippen LogP contribution < -0.4 is 0 Å². The molecule has 2 fully saturated rings. The third kappa shape index (κ3) is 4.16. The van der Waals surface area contributed by atoms with Gasteiger partial charge in [-0.05, 0) is 38.8 Å². The van der Waals surface area contributed by atoms with Gasteiger partial charge in [-0.2, -0.15) is 0 Å². The summed E-state index contributed by atoms with van der Waals surface area (Å²) in [6.45, 7) is 7.37. The third-order valence-corrected chi connectivity index (χ3v) is 6.34. The van der Waals surface area contributed by atoms with Crippen molar-refractivity contribution in [2.75, 3.05) is 13.2 Å². The Kier molecular flexibility index (Phi) is 6.30. The van der Waals surface area contributed by atoms with E-state index in [1.807, 2.05) is 0 Å². The Morgan fingerprint density at radius 1 is 1.24 bits per heavy atom. The van der Waals surface area contributed by atoms with Crippen molar-refractivity contribution < 1.29 is 33.4 Å². The number of likely N-dealkylation sites (tertiary alicyclic amines) is 1. The molecular formula is C23H25ClN2O7. The molecule has 0 saturated carbocycles. The molecule has 176 valence electrons. The van der Waals surface area contributed by atoms with Crippen LogP contribution in [0.25, 0.3) is 0 Å². The van der Waals surface area contributed by atoms with Gasteiger partial charge in [-0.3, -0.25) is 24.2 Å². The Hall–Kier alpha value is -2.75. The molecule has 0 radical (unpaired) electrons. The van der Waals surface area contributed by atoms with Crippen molar-refractivity contribution in [3.05, 3.63) is 48.0 Å². The molecule has 3 aliphatic rings. The van der Waals surface area contributed by atoms with Gasteiger partial charge >= 0.3 is 5.97 Å². The smallest absolute Gasteiger partial charge is 0.345 e. The monoisotopic (exact) mass is 476 g/mol. The molecule has 0 aliphatic carbocycles. The van der Waals surface area contributed by atoms with E-state index in [0.717, 1.165) is 9.80 Å². The van der Waals surface area contributed by atoms with Crippen LogP contribution in [0.3, 0.4) is 0 Å². The first-order valence-corrected chi connectivity index (χ1v) is 11.1. The summed E-state index contributed by atoms with van der Waals surface area (Å²) in [7, 11) is 0. The topological polar surface area (TPSA) is 102 Å². The Morgan fingerprint density at radius 2 is 1.88 bits per heavy atom. The highest BCUT2D eigenvalue weighted by Gasteiger charge is 2.59. The Bertz CT molecular complexity index is 975. The highest BCUT2D eigenvalue weighted by atomic mass is 35.5. The second-order valence-corrected chi connectivity index (χ2v) is 8.99. The molecule has 10 heteroatoms. The van der Waals surface area contributed by atoms with Gasteiger partial charge in [0.15, 0.2) is 5.79 Å². The fourth-order valence-corrected chi connectivity index (χ4v) is 4.70. The summed E-state index contributed by atoms with van der Waals surface area (Å²) in [6, 6.07) is 6.42. The molecule has 1 aromatic rings. The number of esters is 1. The third-order valence-electron chi connectivity index (χ3n) is 5.96. The summed E-state index contributed by atoms with van der Waals surface area (Å²) >= 11 is 6.28. The van der Waals surface area contributed by atoms with Gasteiger partial charge in [-0.25, -0.2) is 4.79 Å². The first-order chi connectivity index (χ1) is 15.7. The van der Waals surface area contributed by atoms with Gasteiger partial charge in [0.25, 0.3) is 11.8 Å². The first kappa shape index (κ1) is 23.4. The van der Waals surface area contributed by atoms with Crippen LogP contribution in [0, 0.1) is 5.92 Å². The van der Waals surface area contributed by atoms with Crippen molar-refractivity contribution in [1.82, 2.24) is 9.80 Å². The van der Waals surface area contributed by atoms with Crippen molar-refractivity contribution in [2.24, 2.45) is 5.92 Å². The number of imide groups is 1. The predicted octanol–water partition coefficient (Wildman–Crippen LogP) is 2.29. The number of rotatable bonds is 8. The van der Waals surface area contributed by atoms with Crippen LogP contribution in [0.15, 0.2) is 36.9 Å². The molecule has 0 unspecified atom stereocenters. The lowest BCUT2D eigenvalue weighted by atomic mass is 9.86. The molecule has 4 rings (SSSR count). The quantitative estimate of drug-likeness (QED) is 0.142. The highest BCUT2D eigenvalue weighted by Crippen LogP contribution is 2.41. The van der Waals surface area contributed by atoms with Gasteiger partial charge in [0.2, 0.25) is 11.4 Å². The lowest BCUT2D eigenvalue weighted by Crippen LogP contribution is -2.71. The largest absolute Gasteiger partial charge is 0.459 e. The van der Waals surface area contributed by atoms with Crippen LogP contribution in [0.1, 0.15) is 47.4 Å². The van der Waals surface area contributed by atoms with Gasteiger partial charge in [0.1, 0.15) is 12.8 Å². The van der Waals surface area contributed by atoms with Gasteiger partial charge in [0, 0.05) is 0 Å². The van der Waals surface area contributed by atoms with E-state index in [-0.39, 0.29) is 23.8 Å². The summed E-state index contributed by atoms with van der Waals surface area (Å²) in [5, 5.41) is 0. The number of benzene rings is 1. The Labute approximate surface area is 196 Å². The summed E-state index contributed by atoms with van der Waals surface area (Å²) < 4.78 is 16.4. The molecule has 3 heterocycles. The lowest BCUT2D eigenvalue weighted by molar-refractivity contribution is -0.175. The average Bonchev–Trinajstić information content (AvgIpc) is 3.26. The normalized spacial score (nSPS) is 26.8. The minimum Gasteiger partial charge on any atom is -0.459 e. The maximum atomic E-state index is 13.1. The van der Waals surface area contributed by atoms with Crippen molar-refractivity contribution in [2.45, 2.75) is 50.2 Å². The molecular weight excluding hydrogens is 452 g/mol. The fraction of sp³-hybridized carbons (Fsp3) is 0.478. The molecule has 0 N–H and O–H groups in total. The molecule has 4 atom stereocenters. The highest BCUT2D eigenvalue weighted by molar-refractivity contribution is 6.31. The summed E-state index contributed by atoms with van der Waals surface area (Å²) in [5.41, 5.74) is -1.00. The van der Waals surface area contributed by atoms with Gasteiger partial charge < -0.3 is 14.2 Å². The van der Waals surface area contributed by atoms with E-state index < -0.39 is 47.1 Å². The van der Waals surface area contributed by atoms with E-state index in [2.05, 4.69) is 6.58 Å². The van der Waals surface area contributed by atoms with E-state index >= 15 is 0 Å². The van der Waals surface area contributed by atoms with Crippen LogP contribution in [0.2, 0.25) is 0 Å². The van der Waals surface area contributed by atoms with Crippen LogP contribution >= 0.6 is 11.6 Å².